The van der Waals surface area contributed by atoms with Crippen LogP contribution in [-0.4, -0.2) is 32.5 Å². The van der Waals surface area contributed by atoms with Crippen LogP contribution in [0.5, 0.6) is 5.75 Å². The van der Waals surface area contributed by atoms with Gasteiger partial charge in [-0.15, -0.1) is 0 Å². The first-order chi connectivity index (χ1) is 19.7. The number of hydrogen-bond donors (Lipinski definition) is 1. The number of benzene rings is 3. The molecule has 4 rings (SSSR count). The van der Waals surface area contributed by atoms with Crippen molar-refractivity contribution in [1.82, 2.24) is 10.3 Å². The number of pyridine rings is 1. The molecule has 0 aliphatic carbocycles. The number of amides is 1. The topological polar surface area (TPSA) is 88.6 Å². The Labute approximate surface area is 242 Å². The molecule has 0 bridgehead atoms. The molecule has 1 aromatic heterocycles. The molecule has 7 nitrogen and oxygen atoms in total. The van der Waals surface area contributed by atoms with Crippen LogP contribution in [0.25, 0.3) is 0 Å². The zero-order valence-corrected chi connectivity index (χ0v) is 23.5. The number of nitrogens with one attached hydrogen (secondary N) is 1. The molecule has 0 aliphatic rings. The second-order valence-corrected chi connectivity index (χ2v) is 11.4. The first kappa shape index (κ1) is 30.0. The lowest BCUT2D eigenvalue weighted by molar-refractivity contribution is -0.121. The van der Waals surface area contributed by atoms with E-state index in [4.69, 9.17) is 16.3 Å². The van der Waals surface area contributed by atoms with E-state index in [1.54, 1.807) is 42.7 Å². The Morgan fingerprint density at radius 2 is 1.78 bits per heavy atom. The van der Waals surface area contributed by atoms with Crippen molar-refractivity contribution >= 4 is 33.2 Å². The van der Waals surface area contributed by atoms with Gasteiger partial charge in [-0.05, 0) is 72.5 Å². The number of nitrogens with zero attached hydrogens (tertiary/aromatic N) is 2. The van der Waals surface area contributed by atoms with Crippen molar-refractivity contribution in [3.05, 3.63) is 119 Å². The Hall–Kier alpha value is -4.02. The van der Waals surface area contributed by atoms with Gasteiger partial charge >= 0.3 is 0 Å². The third-order valence-electron chi connectivity index (χ3n) is 6.15. The molecule has 0 radical (unpaired) electrons. The van der Waals surface area contributed by atoms with Gasteiger partial charge in [0.1, 0.15) is 17.4 Å². The summed E-state index contributed by atoms with van der Waals surface area (Å²) in [6.07, 6.45) is 4.21. The fraction of sp³-hybridized carbons (Fsp3) is 0.200. The molecule has 1 N–H and O–H groups in total. The van der Waals surface area contributed by atoms with Crippen LogP contribution in [0.2, 0.25) is 5.02 Å². The molecular formula is C30H28ClF2N3O4S. The zero-order valence-electron chi connectivity index (χ0n) is 22.0. The summed E-state index contributed by atoms with van der Waals surface area (Å²) in [5.41, 5.74) is 1.16. The van der Waals surface area contributed by atoms with Crippen molar-refractivity contribution < 1.29 is 26.7 Å². The van der Waals surface area contributed by atoms with Gasteiger partial charge in [-0.3, -0.25) is 14.1 Å². The summed E-state index contributed by atoms with van der Waals surface area (Å²) in [6.45, 7) is 0.447. The predicted octanol–water partition coefficient (Wildman–Crippen LogP) is 5.93. The van der Waals surface area contributed by atoms with E-state index in [-0.39, 0.29) is 36.8 Å². The minimum Gasteiger partial charge on any atom is -0.493 e. The van der Waals surface area contributed by atoms with Gasteiger partial charge in [0.25, 0.3) is 10.0 Å². The summed E-state index contributed by atoms with van der Waals surface area (Å²) < 4.78 is 62.7. The normalized spacial score (nSPS) is 11.2. The zero-order chi connectivity index (χ0) is 29.2. The van der Waals surface area contributed by atoms with Crippen LogP contribution in [-0.2, 0) is 27.8 Å². The number of para-hydroxylation sites is 1. The van der Waals surface area contributed by atoms with Crippen LogP contribution >= 0.6 is 11.6 Å². The van der Waals surface area contributed by atoms with Crippen LogP contribution in [0.3, 0.4) is 0 Å². The molecule has 0 unspecified atom stereocenters. The van der Waals surface area contributed by atoms with E-state index in [1.165, 1.54) is 24.3 Å². The fourth-order valence-electron chi connectivity index (χ4n) is 4.06. The van der Waals surface area contributed by atoms with Crippen LogP contribution < -0.4 is 14.4 Å². The number of aromatic nitrogens is 1. The summed E-state index contributed by atoms with van der Waals surface area (Å²) in [5, 5.41) is 3.17. The second-order valence-electron chi connectivity index (χ2n) is 9.07. The maximum Gasteiger partial charge on any atom is 0.264 e. The van der Waals surface area contributed by atoms with E-state index in [9.17, 15) is 22.0 Å². The summed E-state index contributed by atoms with van der Waals surface area (Å²) in [6, 6.07) is 18.8. The Kier molecular flexibility index (Phi) is 10.3. The van der Waals surface area contributed by atoms with Gasteiger partial charge < -0.3 is 10.1 Å². The van der Waals surface area contributed by atoms with E-state index < -0.39 is 27.3 Å². The standard InChI is InChI=1S/C30H28ClF2N3O4S/c31-24-9-12-26(13-10-24)41(38,39)36(28-19-25(32)11-14-27(28)33)17-15-23-6-1-2-7-29(23)40-18-4-8-30(37)35-21-22-5-3-16-34-20-22/h1-3,5-7,9-14,16,19-20H,4,8,15,17-18,21H2,(H,35,37). The average Bonchev–Trinajstić information content (AvgIpc) is 2.97. The van der Waals surface area contributed by atoms with Crippen molar-refractivity contribution in [3.63, 3.8) is 0 Å². The second kappa shape index (κ2) is 14.0. The number of ether oxygens (including phenoxy) is 1. The highest BCUT2D eigenvalue weighted by atomic mass is 35.5. The first-order valence-electron chi connectivity index (χ1n) is 12.8. The lowest BCUT2D eigenvalue weighted by Crippen LogP contribution is -2.34. The summed E-state index contributed by atoms with van der Waals surface area (Å²) in [7, 11) is -4.27. The van der Waals surface area contributed by atoms with Crippen LogP contribution in [0.4, 0.5) is 14.5 Å². The van der Waals surface area contributed by atoms with Gasteiger partial charge in [-0.2, -0.15) is 0 Å². The summed E-state index contributed by atoms with van der Waals surface area (Å²) in [5.74, 6) is -1.26. The maximum absolute atomic E-state index is 14.8. The molecule has 0 saturated heterocycles. The molecule has 11 heteroatoms. The quantitative estimate of drug-likeness (QED) is 0.193. The third-order valence-corrected chi connectivity index (χ3v) is 8.23. The summed E-state index contributed by atoms with van der Waals surface area (Å²) in [4.78, 5) is 16.1. The van der Waals surface area contributed by atoms with Crippen molar-refractivity contribution in [2.24, 2.45) is 0 Å². The van der Waals surface area contributed by atoms with E-state index in [0.29, 0.717) is 29.3 Å². The minimum absolute atomic E-state index is 0.114. The van der Waals surface area contributed by atoms with Crippen LogP contribution in [0.1, 0.15) is 24.0 Å². The Morgan fingerprint density at radius 1 is 1.00 bits per heavy atom. The number of rotatable bonds is 13. The predicted molar refractivity (Wildman–Crippen MR) is 153 cm³/mol. The monoisotopic (exact) mass is 599 g/mol. The largest absolute Gasteiger partial charge is 0.493 e. The fourth-order valence-corrected chi connectivity index (χ4v) is 5.65. The molecule has 0 spiro atoms. The number of carbonyl (C=O) groups is 1. The van der Waals surface area contributed by atoms with Crippen LogP contribution in [0, 0.1) is 11.6 Å². The highest BCUT2D eigenvalue weighted by Crippen LogP contribution is 2.29. The van der Waals surface area contributed by atoms with Crippen molar-refractivity contribution in [2.45, 2.75) is 30.7 Å². The molecule has 1 amide bonds. The van der Waals surface area contributed by atoms with Crippen molar-refractivity contribution in [2.75, 3.05) is 17.5 Å². The number of hydrogen-bond acceptors (Lipinski definition) is 5. The molecule has 0 atom stereocenters. The Morgan fingerprint density at radius 3 is 2.54 bits per heavy atom. The number of sulfonamides is 1. The van der Waals surface area contributed by atoms with Gasteiger partial charge in [-0.25, -0.2) is 17.2 Å². The van der Waals surface area contributed by atoms with E-state index in [0.717, 1.165) is 28.1 Å². The average molecular weight is 600 g/mol. The molecule has 4 aromatic rings. The van der Waals surface area contributed by atoms with E-state index in [2.05, 4.69) is 10.3 Å². The Bertz CT molecular complexity index is 1570. The number of carbonyl (C=O) groups excluding carboxylic acids is 1. The van der Waals surface area contributed by atoms with Gasteiger partial charge in [0.05, 0.1) is 17.2 Å². The molecule has 0 aliphatic heterocycles. The summed E-state index contributed by atoms with van der Waals surface area (Å²) >= 11 is 5.92. The van der Waals surface area contributed by atoms with Crippen molar-refractivity contribution in [1.29, 1.82) is 0 Å². The van der Waals surface area contributed by atoms with Gasteiger partial charge in [0, 0.05) is 43.0 Å². The molecular weight excluding hydrogens is 572 g/mol. The molecule has 0 fully saturated rings. The number of anilines is 1. The molecule has 0 saturated carbocycles. The van der Waals surface area contributed by atoms with E-state index in [1.807, 2.05) is 6.07 Å². The van der Waals surface area contributed by atoms with Gasteiger partial charge in [-0.1, -0.05) is 35.9 Å². The third kappa shape index (κ3) is 8.25. The first-order valence-corrected chi connectivity index (χ1v) is 14.7. The molecule has 41 heavy (non-hydrogen) atoms. The Balaban J connectivity index is 1.42. The lowest BCUT2D eigenvalue weighted by Gasteiger charge is -2.25. The van der Waals surface area contributed by atoms with E-state index >= 15 is 0 Å². The SMILES string of the molecule is O=C(CCCOc1ccccc1CCN(c1cc(F)ccc1F)S(=O)(=O)c1ccc(Cl)cc1)NCc1cccnc1. The number of halogens is 3. The van der Waals surface area contributed by atoms with Crippen molar-refractivity contribution in [3.8, 4) is 5.75 Å². The molecule has 1 heterocycles. The van der Waals surface area contributed by atoms with Gasteiger partial charge in [0.15, 0.2) is 0 Å². The minimum atomic E-state index is -4.27. The highest BCUT2D eigenvalue weighted by Gasteiger charge is 2.28. The smallest absolute Gasteiger partial charge is 0.264 e. The molecule has 214 valence electrons. The highest BCUT2D eigenvalue weighted by molar-refractivity contribution is 7.92. The van der Waals surface area contributed by atoms with Gasteiger partial charge in [0.2, 0.25) is 5.91 Å². The molecule has 3 aromatic carbocycles. The lowest BCUT2D eigenvalue weighted by atomic mass is 10.1. The van der Waals surface area contributed by atoms with Crippen LogP contribution in [0.15, 0.2) is 96.2 Å². The maximum atomic E-state index is 14.8.